The smallest absolute Gasteiger partial charge is 0.315 e. The van der Waals surface area contributed by atoms with Gasteiger partial charge in [-0.2, -0.15) is 13.2 Å². The third-order valence-corrected chi connectivity index (χ3v) is 3.17. The molecule has 0 amide bonds. The molecule has 0 spiro atoms. The molecule has 2 saturated heterocycles. The SMILES string of the molecule is FC(F)(F)CN1[C@H]2CCNC[C@@H]1CC2. The summed E-state index contributed by atoms with van der Waals surface area (Å²) in [5.74, 6) is 0. The number of rotatable bonds is 1. The highest BCUT2D eigenvalue weighted by atomic mass is 19.4. The first-order valence-corrected chi connectivity index (χ1v) is 5.09. The minimum absolute atomic E-state index is 0.101. The van der Waals surface area contributed by atoms with E-state index in [1.54, 1.807) is 4.90 Å². The predicted octanol–water partition coefficient (Wildman–Crippen LogP) is 1.37. The lowest BCUT2D eigenvalue weighted by atomic mass is 10.1. The van der Waals surface area contributed by atoms with Gasteiger partial charge in [-0.3, -0.25) is 4.90 Å². The van der Waals surface area contributed by atoms with Crippen molar-refractivity contribution in [2.45, 2.75) is 37.5 Å². The standard InChI is InChI=1S/C9H15F3N2/c10-9(11,12)6-14-7-1-2-8(14)5-13-4-3-7/h7-8,13H,1-6H2/t7-,8+/m1/s1. The van der Waals surface area contributed by atoms with Crippen molar-refractivity contribution in [1.29, 1.82) is 0 Å². The highest BCUT2D eigenvalue weighted by Crippen LogP contribution is 2.31. The molecule has 0 aromatic heterocycles. The van der Waals surface area contributed by atoms with Gasteiger partial charge >= 0.3 is 6.18 Å². The van der Waals surface area contributed by atoms with Crippen LogP contribution in [0.25, 0.3) is 0 Å². The maximum Gasteiger partial charge on any atom is 0.401 e. The Morgan fingerprint density at radius 3 is 2.57 bits per heavy atom. The zero-order valence-electron chi connectivity index (χ0n) is 7.98. The quantitative estimate of drug-likeness (QED) is 0.700. The molecule has 5 heteroatoms. The van der Waals surface area contributed by atoms with Crippen LogP contribution in [0.15, 0.2) is 0 Å². The molecule has 0 saturated carbocycles. The van der Waals surface area contributed by atoms with Crippen LogP contribution in [0.5, 0.6) is 0 Å². The second-order valence-corrected chi connectivity index (χ2v) is 4.17. The molecule has 2 atom stereocenters. The molecule has 2 aliphatic heterocycles. The fourth-order valence-corrected chi connectivity index (χ4v) is 2.55. The summed E-state index contributed by atoms with van der Waals surface area (Å²) in [7, 11) is 0. The molecule has 2 rings (SSSR count). The lowest BCUT2D eigenvalue weighted by Gasteiger charge is -2.28. The van der Waals surface area contributed by atoms with Gasteiger partial charge in [0.2, 0.25) is 0 Å². The van der Waals surface area contributed by atoms with Crippen LogP contribution in [0, 0.1) is 0 Å². The van der Waals surface area contributed by atoms with E-state index in [2.05, 4.69) is 5.32 Å². The van der Waals surface area contributed by atoms with Gasteiger partial charge in [0.05, 0.1) is 6.54 Å². The second-order valence-electron chi connectivity index (χ2n) is 4.17. The molecule has 2 heterocycles. The molecule has 2 fully saturated rings. The predicted molar refractivity (Wildman–Crippen MR) is 47.1 cm³/mol. The first-order chi connectivity index (χ1) is 6.56. The second kappa shape index (κ2) is 3.70. The molecular formula is C9H15F3N2. The van der Waals surface area contributed by atoms with Gasteiger partial charge < -0.3 is 5.32 Å². The van der Waals surface area contributed by atoms with Crippen molar-refractivity contribution in [3.05, 3.63) is 0 Å². The van der Waals surface area contributed by atoms with Crippen LogP contribution in [0.3, 0.4) is 0 Å². The van der Waals surface area contributed by atoms with Gasteiger partial charge in [-0.05, 0) is 25.8 Å². The lowest BCUT2D eigenvalue weighted by Crippen LogP contribution is -2.43. The minimum Gasteiger partial charge on any atom is -0.315 e. The first-order valence-electron chi connectivity index (χ1n) is 5.09. The molecule has 82 valence electrons. The Morgan fingerprint density at radius 2 is 1.86 bits per heavy atom. The summed E-state index contributed by atoms with van der Waals surface area (Å²) in [6.07, 6.45) is -1.35. The van der Waals surface area contributed by atoms with Gasteiger partial charge in [-0.1, -0.05) is 0 Å². The maximum atomic E-state index is 12.3. The van der Waals surface area contributed by atoms with E-state index >= 15 is 0 Å². The van der Waals surface area contributed by atoms with Crippen molar-refractivity contribution >= 4 is 0 Å². The molecule has 0 unspecified atom stereocenters. The molecular weight excluding hydrogens is 193 g/mol. The Hall–Kier alpha value is -0.290. The van der Waals surface area contributed by atoms with E-state index in [0.29, 0.717) is 6.54 Å². The zero-order chi connectivity index (χ0) is 10.2. The fraction of sp³-hybridized carbons (Fsp3) is 1.00. The highest BCUT2D eigenvalue weighted by Gasteiger charge is 2.41. The molecule has 0 radical (unpaired) electrons. The van der Waals surface area contributed by atoms with Crippen molar-refractivity contribution in [3.63, 3.8) is 0 Å². The van der Waals surface area contributed by atoms with Crippen LogP contribution in [0.4, 0.5) is 13.2 Å². The molecule has 2 aliphatic rings. The lowest BCUT2D eigenvalue weighted by molar-refractivity contribution is -0.151. The van der Waals surface area contributed by atoms with E-state index in [1.165, 1.54) is 0 Å². The molecule has 14 heavy (non-hydrogen) atoms. The summed E-state index contributed by atoms with van der Waals surface area (Å²) < 4.78 is 36.9. The van der Waals surface area contributed by atoms with Gasteiger partial charge in [0.25, 0.3) is 0 Å². The summed E-state index contributed by atoms with van der Waals surface area (Å²) in [6, 6.07) is 0.251. The van der Waals surface area contributed by atoms with E-state index in [9.17, 15) is 13.2 Å². The Labute approximate surface area is 81.5 Å². The van der Waals surface area contributed by atoms with Crippen LogP contribution in [-0.2, 0) is 0 Å². The van der Waals surface area contributed by atoms with Gasteiger partial charge in [-0.25, -0.2) is 0 Å². The Kier molecular flexibility index (Phi) is 2.70. The molecule has 0 aliphatic carbocycles. The van der Waals surface area contributed by atoms with Crippen molar-refractivity contribution in [3.8, 4) is 0 Å². The number of alkyl halides is 3. The molecule has 0 aromatic carbocycles. The third kappa shape index (κ3) is 2.20. The van der Waals surface area contributed by atoms with Crippen LogP contribution in [-0.4, -0.2) is 42.8 Å². The van der Waals surface area contributed by atoms with Gasteiger partial charge in [-0.15, -0.1) is 0 Å². The van der Waals surface area contributed by atoms with Crippen molar-refractivity contribution in [2.75, 3.05) is 19.6 Å². The van der Waals surface area contributed by atoms with Crippen molar-refractivity contribution < 1.29 is 13.2 Å². The van der Waals surface area contributed by atoms with Crippen molar-refractivity contribution in [2.24, 2.45) is 0 Å². The maximum absolute atomic E-state index is 12.3. The minimum atomic E-state index is -4.05. The Morgan fingerprint density at radius 1 is 1.14 bits per heavy atom. The average molecular weight is 208 g/mol. The number of nitrogens with zero attached hydrogens (tertiary/aromatic N) is 1. The molecule has 0 aromatic rings. The fourth-order valence-electron chi connectivity index (χ4n) is 2.55. The summed E-state index contributed by atoms with van der Waals surface area (Å²) in [4.78, 5) is 1.64. The van der Waals surface area contributed by atoms with Crippen LogP contribution >= 0.6 is 0 Å². The zero-order valence-corrected chi connectivity index (χ0v) is 7.98. The highest BCUT2D eigenvalue weighted by molar-refractivity contribution is 4.92. The van der Waals surface area contributed by atoms with Gasteiger partial charge in [0, 0.05) is 18.6 Å². The Balaban J connectivity index is 2.02. The monoisotopic (exact) mass is 208 g/mol. The van der Waals surface area contributed by atoms with E-state index in [1.807, 2.05) is 0 Å². The summed E-state index contributed by atoms with van der Waals surface area (Å²) in [5.41, 5.74) is 0. The number of hydrogen-bond donors (Lipinski definition) is 1. The van der Waals surface area contributed by atoms with E-state index in [-0.39, 0.29) is 12.1 Å². The van der Waals surface area contributed by atoms with Gasteiger partial charge in [0.1, 0.15) is 0 Å². The number of halogens is 3. The molecule has 2 bridgehead atoms. The largest absolute Gasteiger partial charge is 0.401 e. The summed E-state index contributed by atoms with van der Waals surface area (Å²) >= 11 is 0. The normalized spacial score (nSPS) is 34.5. The molecule has 2 nitrogen and oxygen atoms in total. The Bertz CT molecular complexity index is 191. The first kappa shape index (κ1) is 10.2. The number of fused-ring (bicyclic) bond motifs is 2. The van der Waals surface area contributed by atoms with E-state index in [0.717, 1.165) is 25.8 Å². The van der Waals surface area contributed by atoms with Gasteiger partial charge in [0.15, 0.2) is 0 Å². The van der Waals surface area contributed by atoms with E-state index in [4.69, 9.17) is 0 Å². The molecule has 1 N–H and O–H groups in total. The summed E-state index contributed by atoms with van der Waals surface area (Å²) in [5, 5.41) is 3.19. The summed E-state index contributed by atoms with van der Waals surface area (Å²) in [6.45, 7) is 0.839. The van der Waals surface area contributed by atoms with Crippen molar-refractivity contribution in [1.82, 2.24) is 10.2 Å². The average Bonchev–Trinajstić information content (AvgIpc) is 2.22. The van der Waals surface area contributed by atoms with E-state index < -0.39 is 12.7 Å². The van der Waals surface area contributed by atoms with Crippen LogP contribution < -0.4 is 5.32 Å². The van der Waals surface area contributed by atoms with Crippen LogP contribution in [0.2, 0.25) is 0 Å². The number of nitrogens with one attached hydrogen (secondary N) is 1. The van der Waals surface area contributed by atoms with Crippen LogP contribution in [0.1, 0.15) is 19.3 Å². The topological polar surface area (TPSA) is 15.3 Å². The number of hydrogen-bond acceptors (Lipinski definition) is 2. The third-order valence-electron chi connectivity index (χ3n) is 3.17.